The van der Waals surface area contributed by atoms with Gasteiger partial charge in [-0.2, -0.15) is 0 Å². The van der Waals surface area contributed by atoms with E-state index in [9.17, 15) is 0 Å². The van der Waals surface area contributed by atoms with E-state index in [-0.39, 0.29) is 6.04 Å². The predicted octanol–water partition coefficient (Wildman–Crippen LogP) is 13.1. The zero-order chi connectivity index (χ0) is 35.6. The van der Waals surface area contributed by atoms with Gasteiger partial charge in [0, 0.05) is 39.9 Å². The molecule has 4 nitrogen and oxygen atoms in total. The highest BCUT2D eigenvalue weighted by Gasteiger charge is 2.32. The molecule has 1 aliphatic heterocycles. The summed E-state index contributed by atoms with van der Waals surface area (Å²) in [5.41, 5.74) is 13.2. The van der Waals surface area contributed by atoms with Crippen LogP contribution in [0.3, 0.4) is 0 Å². The van der Waals surface area contributed by atoms with Crippen LogP contribution >= 0.6 is 0 Å². The largest absolute Gasteiger partial charge is 0.455 e. The van der Waals surface area contributed by atoms with Crippen molar-refractivity contribution in [2.24, 2.45) is 4.99 Å². The molecule has 5 aromatic carbocycles. The average Bonchev–Trinajstić information content (AvgIpc) is 3.71. The number of para-hydroxylation sites is 3. The highest BCUT2D eigenvalue weighted by atomic mass is 16.3. The number of nitrogens with zero attached hydrogens (tertiary/aromatic N) is 3. The van der Waals surface area contributed by atoms with Crippen LogP contribution in [0.5, 0.6) is 0 Å². The summed E-state index contributed by atoms with van der Waals surface area (Å²) in [6, 6.07) is 36.6. The minimum atomic E-state index is -0.0773. The first kappa shape index (κ1) is 33.6. The molecule has 7 aromatic rings. The van der Waals surface area contributed by atoms with Gasteiger partial charge in [-0.05, 0) is 72.9 Å². The van der Waals surface area contributed by atoms with Crippen LogP contribution in [0.1, 0.15) is 74.2 Å². The van der Waals surface area contributed by atoms with Crippen molar-refractivity contribution in [2.45, 2.75) is 47.1 Å². The van der Waals surface area contributed by atoms with Gasteiger partial charge in [-0.25, -0.2) is 4.99 Å². The van der Waals surface area contributed by atoms with E-state index in [2.05, 4.69) is 159 Å². The lowest BCUT2D eigenvalue weighted by Crippen LogP contribution is -2.39. The molecule has 0 amide bonds. The third-order valence-corrected chi connectivity index (χ3v) is 9.86. The van der Waals surface area contributed by atoms with Crippen molar-refractivity contribution in [1.29, 1.82) is 0 Å². The standard InChI is InChI=1S/C45H39N3O.C2H6/c1-6-16-33-29(8-3)26-27-40-42(33)32(9-4)39(17-7-2)48(40)45-46-38-24-12-10-21-37(38)43(47(45)5)31-19-14-18-30(28-31)34-22-15-23-36-35-20-11-13-25-41(35)49-44(34)36;1-2/h6-7,9-28,43H,4,8H2,1-3,5H3;1-2H3/b16-6-,17-7-;. The Kier molecular flexibility index (Phi) is 9.34. The fraction of sp³-hybridized carbons (Fsp3) is 0.170. The van der Waals surface area contributed by atoms with Crippen molar-refractivity contribution in [1.82, 2.24) is 9.47 Å². The van der Waals surface area contributed by atoms with Gasteiger partial charge in [0.1, 0.15) is 11.2 Å². The maximum absolute atomic E-state index is 6.46. The second-order valence-corrected chi connectivity index (χ2v) is 12.6. The number of benzene rings is 5. The number of hydrogen-bond acceptors (Lipinski definition) is 3. The number of aliphatic imine (C=N–C) groups is 1. The second kappa shape index (κ2) is 14.2. The van der Waals surface area contributed by atoms with Crippen molar-refractivity contribution in [3.05, 3.63) is 155 Å². The number of hydrogen-bond donors (Lipinski definition) is 0. The SMILES string of the molecule is C=Cc1c(/C=C\C)n(C2=Nc3ccccc3C(c3cccc(-c4cccc5c4oc4ccccc45)c3)N2C)c2ccc(CC)c(/C=C\C)c12.CC. The molecule has 0 spiro atoms. The minimum Gasteiger partial charge on any atom is -0.455 e. The molecular formula is C47H45N3O. The molecule has 0 N–H and O–H groups in total. The van der Waals surface area contributed by atoms with Crippen LogP contribution in [0.25, 0.3) is 62.2 Å². The maximum Gasteiger partial charge on any atom is 0.211 e. The zero-order valence-electron chi connectivity index (χ0n) is 30.4. The maximum atomic E-state index is 6.46. The Morgan fingerprint density at radius 1 is 0.804 bits per heavy atom. The van der Waals surface area contributed by atoms with Crippen LogP contribution in [0.2, 0.25) is 0 Å². The Balaban J connectivity index is 0.00000200. The third-order valence-electron chi connectivity index (χ3n) is 9.86. The lowest BCUT2D eigenvalue weighted by Gasteiger charge is -2.37. The smallest absolute Gasteiger partial charge is 0.211 e. The molecule has 0 aliphatic carbocycles. The number of aromatic nitrogens is 1. The predicted molar refractivity (Wildman–Crippen MR) is 220 cm³/mol. The molecular weight excluding hydrogens is 623 g/mol. The molecule has 1 atom stereocenters. The Hall–Kier alpha value is -5.87. The van der Waals surface area contributed by atoms with Crippen LogP contribution in [-0.2, 0) is 6.42 Å². The quantitative estimate of drug-likeness (QED) is 0.177. The highest BCUT2D eigenvalue weighted by Crippen LogP contribution is 2.43. The first-order chi connectivity index (χ1) is 25.1. The van der Waals surface area contributed by atoms with Gasteiger partial charge < -0.3 is 9.32 Å². The summed E-state index contributed by atoms with van der Waals surface area (Å²) < 4.78 is 8.78. The minimum absolute atomic E-state index is 0.0773. The number of fused-ring (bicyclic) bond motifs is 5. The molecule has 0 fully saturated rings. The topological polar surface area (TPSA) is 33.7 Å². The fourth-order valence-electron chi connectivity index (χ4n) is 7.70. The van der Waals surface area contributed by atoms with E-state index in [1.54, 1.807) is 0 Å². The molecule has 0 saturated carbocycles. The van der Waals surface area contributed by atoms with Gasteiger partial charge in [0.2, 0.25) is 5.96 Å². The van der Waals surface area contributed by atoms with Crippen LogP contribution in [0.4, 0.5) is 5.69 Å². The number of rotatable bonds is 6. The molecule has 8 rings (SSSR count). The van der Waals surface area contributed by atoms with Gasteiger partial charge in [0.05, 0.1) is 22.9 Å². The molecule has 254 valence electrons. The van der Waals surface area contributed by atoms with E-state index >= 15 is 0 Å². The van der Waals surface area contributed by atoms with Gasteiger partial charge in [-0.15, -0.1) is 0 Å². The summed E-state index contributed by atoms with van der Waals surface area (Å²) in [5.74, 6) is 0.871. The van der Waals surface area contributed by atoms with E-state index in [0.29, 0.717) is 0 Å². The van der Waals surface area contributed by atoms with Crippen LogP contribution in [-0.4, -0.2) is 22.5 Å². The molecule has 1 unspecified atom stereocenters. The van der Waals surface area contributed by atoms with Gasteiger partial charge in [-0.3, -0.25) is 4.57 Å². The van der Waals surface area contributed by atoms with Crippen molar-refractivity contribution < 1.29 is 4.42 Å². The fourth-order valence-corrected chi connectivity index (χ4v) is 7.70. The van der Waals surface area contributed by atoms with Crippen LogP contribution in [0, 0.1) is 0 Å². The molecule has 0 bridgehead atoms. The second-order valence-electron chi connectivity index (χ2n) is 12.6. The monoisotopic (exact) mass is 667 g/mol. The highest BCUT2D eigenvalue weighted by molar-refractivity contribution is 6.10. The van der Waals surface area contributed by atoms with Gasteiger partial charge in [0.15, 0.2) is 0 Å². The normalized spacial score (nSPS) is 14.4. The van der Waals surface area contributed by atoms with Crippen LogP contribution < -0.4 is 0 Å². The summed E-state index contributed by atoms with van der Waals surface area (Å²) in [5, 5.41) is 3.47. The van der Waals surface area contributed by atoms with Crippen LogP contribution in [0.15, 0.2) is 131 Å². The van der Waals surface area contributed by atoms with E-state index < -0.39 is 0 Å². The number of allylic oxidation sites excluding steroid dienone is 2. The Morgan fingerprint density at radius 3 is 2.33 bits per heavy atom. The first-order valence-corrected chi connectivity index (χ1v) is 18.1. The Morgan fingerprint density at radius 2 is 1.55 bits per heavy atom. The van der Waals surface area contributed by atoms with Crippen molar-refractivity contribution in [3.8, 4) is 11.1 Å². The molecule has 3 heterocycles. The van der Waals surface area contributed by atoms with Crippen molar-refractivity contribution >= 4 is 62.7 Å². The average molecular weight is 668 g/mol. The summed E-state index contributed by atoms with van der Waals surface area (Å²) in [6.45, 7) is 14.7. The Bertz CT molecular complexity index is 2500. The molecule has 1 aliphatic rings. The molecule has 0 saturated heterocycles. The van der Waals surface area contributed by atoms with E-state index in [0.717, 1.165) is 67.9 Å². The molecule has 51 heavy (non-hydrogen) atoms. The van der Waals surface area contributed by atoms with Crippen molar-refractivity contribution in [2.75, 3.05) is 7.05 Å². The number of furan rings is 1. The van der Waals surface area contributed by atoms with Gasteiger partial charge in [0.25, 0.3) is 0 Å². The molecule has 0 radical (unpaired) electrons. The van der Waals surface area contributed by atoms with E-state index in [4.69, 9.17) is 9.41 Å². The molecule has 4 heteroatoms. The summed E-state index contributed by atoms with van der Waals surface area (Å²) in [7, 11) is 2.16. The lowest BCUT2D eigenvalue weighted by atomic mass is 9.92. The van der Waals surface area contributed by atoms with Gasteiger partial charge in [-0.1, -0.05) is 131 Å². The van der Waals surface area contributed by atoms with Crippen molar-refractivity contribution in [3.63, 3.8) is 0 Å². The third kappa shape index (κ3) is 5.52. The lowest BCUT2D eigenvalue weighted by molar-refractivity contribution is 0.409. The summed E-state index contributed by atoms with van der Waals surface area (Å²) in [4.78, 5) is 7.71. The Labute approximate surface area is 301 Å². The van der Waals surface area contributed by atoms with E-state index in [1.165, 1.54) is 27.6 Å². The summed E-state index contributed by atoms with van der Waals surface area (Å²) >= 11 is 0. The number of aryl methyl sites for hydroxylation is 1. The first-order valence-electron chi connectivity index (χ1n) is 18.1. The van der Waals surface area contributed by atoms with Gasteiger partial charge >= 0.3 is 0 Å². The zero-order valence-corrected chi connectivity index (χ0v) is 30.4. The summed E-state index contributed by atoms with van der Waals surface area (Å²) in [6.07, 6.45) is 11.6. The van der Waals surface area contributed by atoms with E-state index in [1.807, 2.05) is 32.1 Å². The molecule has 2 aromatic heterocycles.